The smallest absolute Gasteiger partial charge is 0.244 e. The van der Waals surface area contributed by atoms with Gasteiger partial charge in [-0.25, -0.2) is 13.8 Å². The Kier molecular flexibility index (Phi) is 7.41. The van der Waals surface area contributed by atoms with Crippen LogP contribution in [0.5, 0.6) is 5.75 Å². The molecule has 9 heteroatoms. The van der Waals surface area contributed by atoms with Crippen molar-refractivity contribution in [1.29, 1.82) is 0 Å². The van der Waals surface area contributed by atoms with Gasteiger partial charge in [-0.1, -0.05) is 36.4 Å². The molecule has 0 atom stereocenters. The van der Waals surface area contributed by atoms with Crippen molar-refractivity contribution in [2.24, 2.45) is 5.10 Å². The molecule has 0 aliphatic heterocycles. The molecule has 0 aliphatic carbocycles. The molecule has 0 unspecified atom stereocenters. The van der Waals surface area contributed by atoms with Crippen molar-refractivity contribution in [1.82, 2.24) is 5.43 Å². The summed E-state index contributed by atoms with van der Waals surface area (Å²) in [6, 6.07) is 17.6. The number of halogens is 1. The van der Waals surface area contributed by atoms with Gasteiger partial charge in [0.25, 0.3) is 0 Å². The molecule has 6 nitrogen and oxygen atoms in total. The molecule has 1 N–H and O–H groups in total. The maximum absolute atomic E-state index is 12.7. The highest BCUT2D eigenvalue weighted by atomic mass is 79.9. The SMILES string of the molecule is COc1cccc(CC(=O)N/N=C/c2ccccc2CS(=O)(=O)c2ccc(Br)s2)c1. The van der Waals surface area contributed by atoms with Gasteiger partial charge >= 0.3 is 0 Å². The first-order valence-corrected chi connectivity index (χ1v) is 12.1. The summed E-state index contributed by atoms with van der Waals surface area (Å²) >= 11 is 4.46. The van der Waals surface area contributed by atoms with Gasteiger partial charge in [0.2, 0.25) is 5.91 Å². The lowest BCUT2D eigenvalue weighted by Gasteiger charge is -2.06. The molecular weight excluding hydrogens is 488 g/mol. The fourth-order valence-corrected chi connectivity index (χ4v) is 6.20. The van der Waals surface area contributed by atoms with Crippen LogP contribution >= 0.6 is 27.3 Å². The molecule has 0 radical (unpaired) electrons. The van der Waals surface area contributed by atoms with Crippen molar-refractivity contribution in [2.45, 2.75) is 16.4 Å². The second kappa shape index (κ2) is 10.0. The molecule has 0 aliphatic rings. The molecule has 3 rings (SSSR count). The van der Waals surface area contributed by atoms with E-state index in [2.05, 4.69) is 26.5 Å². The Morgan fingerprint density at radius 3 is 2.70 bits per heavy atom. The van der Waals surface area contributed by atoms with Crippen molar-refractivity contribution in [2.75, 3.05) is 7.11 Å². The van der Waals surface area contributed by atoms with Gasteiger partial charge in [0.15, 0.2) is 9.84 Å². The largest absolute Gasteiger partial charge is 0.497 e. The lowest BCUT2D eigenvalue weighted by atomic mass is 10.1. The third kappa shape index (κ3) is 6.01. The van der Waals surface area contributed by atoms with Crippen LogP contribution in [0, 0.1) is 0 Å². The second-order valence-electron chi connectivity index (χ2n) is 6.34. The highest BCUT2D eigenvalue weighted by Crippen LogP contribution is 2.28. The average Bonchev–Trinajstić information content (AvgIpc) is 3.16. The lowest BCUT2D eigenvalue weighted by Crippen LogP contribution is -2.20. The number of nitrogens with zero attached hydrogens (tertiary/aromatic N) is 1. The van der Waals surface area contributed by atoms with Crippen LogP contribution in [-0.2, 0) is 26.8 Å². The molecule has 3 aromatic rings. The van der Waals surface area contributed by atoms with E-state index in [4.69, 9.17) is 4.74 Å². The highest BCUT2D eigenvalue weighted by Gasteiger charge is 2.19. The molecule has 30 heavy (non-hydrogen) atoms. The van der Waals surface area contributed by atoms with Crippen LogP contribution in [-0.4, -0.2) is 27.6 Å². The number of nitrogens with one attached hydrogen (secondary N) is 1. The fourth-order valence-electron chi connectivity index (χ4n) is 2.71. The molecule has 0 bridgehead atoms. The van der Waals surface area contributed by atoms with Crippen molar-refractivity contribution >= 4 is 49.2 Å². The maximum atomic E-state index is 12.7. The van der Waals surface area contributed by atoms with Crippen molar-refractivity contribution in [3.05, 3.63) is 81.1 Å². The van der Waals surface area contributed by atoms with E-state index in [9.17, 15) is 13.2 Å². The van der Waals surface area contributed by atoms with Crippen LogP contribution in [0.25, 0.3) is 0 Å². The van der Waals surface area contributed by atoms with Crippen LogP contribution in [0.3, 0.4) is 0 Å². The van der Waals surface area contributed by atoms with Gasteiger partial charge in [-0.05, 0) is 56.9 Å². The fraction of sp³-hybridized carbons (Fsp3) is 0.143. The third-order valence-corrected chi connectivity index (χ3v) is 8.02. The van der Waals surface area contributed by atoms with Crippen LogP contribution in [0.1, 0.15) is 16.7 Å². The summed E-state index contributed by atoms with van der Waals surface area (Å²) < 4.78 is 31.5. The van der Waals surface area contributed by atoms with E-state index in [0.717, 1.165) is 9.35 Å². The Labute approximate surface area is 187 Å². The zero-order valence-electron chi connectivity index (χ0n) is 16.0. The standard InChI is InChI=1S/C21H19BrN2O4S2/c1-28-18-8-4-5-15(11-18)12-20(25)24-23-13-16-6-2-3-7-17(16)14-30(26,27)21-10-9-19(22)29-21/h2-11,13H,12,14H2,1H3,(H,24,25)/b23-13+. The molecule has 1 amide bonds. The number of ether oxygens (including phenoxy) is 1. The molecular formula is C21H19BrN2O4S2. The van der Waals surface area contributed by atoms with Gasteiger partial charge in [-0.2, -0.15) is 5.10 Å². The summed E-state index contributed by atoms with van der Waals surface area (Å²) in [6.07, 6.45) is 1.61. The quantitative estimate of drug-likeness (QED) is 0.366. The van der Waals surface area contributed by atoms with E-state index in [1.165, 1.54) is 17.6 Å². The molecule has 0 spiro atoms. The van der Waals surface area contributed by atoms with Crippen LogP contribution in [0.15, 0.2) is 73.8 Å². The van der Waals surface area contributed by atoms with Crippen molar-refractivity contribution < 1.29 is 17.9 Å². The minimum Gasteiger partial charge on any atom is -0.497 e. The number of hydrazone groups is 1. The van der Waals surface area contributed by atoms with E-state index in [-0.39, 0.29) is 18.1 Å². The predicted molar refractivity (Wildman–Crippen MR) is 122 cm³/mol. The molecule has 2 aromatic carbocycles. The van der Waals surface area contributed by atoms with Crippen LogP contribution in [0.4, 0.5) is 0 Å². The zero-order valence-corrected chi connectivity index (χ0v) is 19.3. The number of amides is 1. The van der Waals surface area contributed by atoms with E-state index in [1.807, 2.05) is 12.1 Å². The molecule has 1 aromatic heterocycles. The molecule has 156 valence electrons. The first kappa shape index (κ1) is 22.2. The van der Waals surface area contributed by atoms with Crippen molar-refractivity contribution in [3.8, 4) is 5.75 Å². The number of methoxy groups -OCH3 is 1. The summed E-state index contributed by atoms with van der Waals surface area (Å²) in [5.74, 6) is 0.240. The molecule has 0 saturated carbocycles. The Balaban J connectivity index is 1.67. The predicted octanol–water partition coefficient (Wildman–Crippen LogP) is 4.19. The van der Waals surface area contributed by atoms with Gasteiger partial charge in [-0.3, -0.25) is 4.79 Å². The average molecular weight is 507 g/mol. The number of carbonyl (C=O) groups excluding carboxylic acids is 1. The second-order valence-corrected chi connectivity index (χ2v) is 11.0. The lowest BCUT2D eigenvalue weighted by molar-refractivity contribution is -0.120. The topological polar surface area (TPSA) is 84.8 Å². The number of hydrogen-bond acceptors (Lipinski definition) is 6. The van der Waals surface area contributed by atoms with E-state index >= 15 is 0 Å². The molecule has 0 saturated heterocycles. The van der Waals surface area contributed by atoms with E-state index in [1.54, 1.807) is 55.6 Å². The van der Waals surface area contributed by atoms with Crippen LogP contribution in [0.2, 0.25) is 0 Å². The summed E-state index contributed by atoms with van der Waals surface area (Å²) in [4.78, 5) is 12.1. The minimum atomic E-state index is -3.48. The first-order chi connectivity index (χ1) is 14.4. The Morgan fingerprint density at radius 1 is 1.17 bits per heavy atom. The Morgan fingerprint density at radius 2 is 1.97 bits per heavy atom. The van der Waals surface area contributed by atoms with Gasteiger partial charge in [0.05, 0.1) is 29.3 Å². The summed E-state index contributed by atoms with van der Waals surface area (Å²) in [5, 5.41) is 3.99. The van der Waals surface area contributed by atoms with Gasteiger partial charge in [0.1, 0.15) is 9.96 Å². The Bertz CT molecular complexity index is 1170. The highest BCUT2D eigenvalue weighted by molar-refractivity contribution is 9.11. The van der Waals surface area contributed by atoms with Crippen LogP contribution < -0.4 is 10.2 Å². The third-order valence-electron chi connectivity index (χ3n) is 4.15. The van der Waals surface area contributed by atoms with Gasteiger partial charge in [0, 0.05) is 0 Å². The normalized spacial score (nSPS) is 11.5. The number of sulfone groups is 1. The van der Waals surface area contributed by atoms with Crippen molar-refractivity contribution in [3.63, 3.8) is 0 Å². The number of rotatable bonds is 8. The number of benzene rings is 2. The minimum absolute atomic E-state index is 0.151. The first-order valence-electron chi connectivity index (χ1n) is 8.88. The molecule has 1 heterocycles. The monoisotopic (exact) mass is 506 g/mol. The summed E-state index contributed by atoms with van der Waals surface area (Å²) in [6.45, 7) is 0. The number of thiophene rings is 1. The van der Waals surface area contributed by atoms with Gasteiger partial charge < -0.3 is 4.74 Å². The van der Waals surface area contributed by atoms with E-state index in [0.29, 0.717) is 21.1 Å². The summed E-state index contributed by atoms with van der Waals surface area (Å²) in [5.41, 5.74) is 4.51. The van der Waals surface area contributed by atoms with Gasteiger partial charge in [-0.15, -0.1) is 11.3 Å². The summed E-state index contributed by atoms with van der Waals surface area (Å²) in [7, 11) is -1.91. The number of hydrogen-bond donors (Lipinski definition) is 1. The number of carbonyl (C=O) groups is 1. The van der Waals surface area contributed by atoms with E-state index < -0.39 is 9.84 Å². The molecule has 0 fully saturated rings. The maximum Gasteiger partial charge on any atom is 0.244 e. The Hall–Kier alpha value is -2.49. The zero-order chi connectivity index (χ0) is 21.6.